The predicted octanol–water partition coefficient (Wildman–Crippen LogP) is 5.07. The van der Waals surface area contributed by atoms with Crippen molar-refractivity contribution in [1.82, 2.24) is 9.88 Å². The Hall–Kier alpha value is -2.31. The predicted molar refractivity (Wildman–Crippen MR) is 124 cm³/mol. The first-order chi connectivity index (χ1) is 14.2. The van der Waals surface area contributed by atoms with Crippen molar-refractivity contribution in [2.24, 2.45) is 0 Å². The van der Waals surface area contributed by atoms with Crippen LogP contribution in [0.4, 0.5) is 5.13 Å². The SMILES string of the molecule is Cc1ccc(C)c2sc(N3CCN(C(=O)C(C)(C)Oc4ccc(Cl)cc4)CC3)nc12. The molecule has 1 aliphatic rings. The third-order valence-corrected chi connectivity index (χ3v) is 6.97. The number of aromatic nitrogens is 1. The smallest absolute Gasteiger partial charge is 0.266 e. The second-order valence-electron chi connectivity index (χ2n) is 8.22. The fourth-order valence-electron chi connectivity index (χ4n) is 3.71. The molecule has 0 N–H and O–H groups in total. The molecular weight excluding hydrogens is 418 g/mol. The molecule has 1 aromatic heterocycles. The van der Waals surface area contributed by atoms with Gasteiger partial charge in [0.1, 0.15) is 5.75 Å². The molecule has 0 radical (unpaired) electrons. The summed E-state index contributed by atoms with van der Waals surface area (Å²) in [6, 6.07) is 11.4. The van der Waals surface area contributed by atoms with Gasteiger partial charge in [-0.1, -0.05) is 35.1 Å². The number of nitrogens with zero attached hydrogens (tertiary/aromatic N) is 3. The van der Waals surface area contributed by atoms with Gasteiger partial charge in [0, 0.05) is 31.2 Å². The molecule has 0 bridgehead atoms. The van der Waals surface area contributed by atoms with E-state index in [4.69, 9.17) is 21.3 Å². The molecule has 1 fully saturated rings. The first-order valence-corrected chi connectivity index (χ1v) is 11.3. The Balaban J connectivity index is 1.42. The van der Waals surface area contributed by atoms with E-state index in [0.29, 0.717) is 23.9 Å². The quantitative estimate of drug-likeness (QED) is 0.564. The number of rotatable bonds is 4. The van der Waals surface area contributed by atoms with Crippen molar-refractivity contribution < 1.29 is 9.53 Å². The highest BCUT2D eigenvalue weighted by molar-refractivity contribution is 7.22. The Morgan fingerprint density at radius 1 is 1.03 bits per heavy atom. The minimum atomic E-state index is -0.944. The first kappa shape index (κ1) is 20.9. The van der Waals surface area contributed by atoms with Gasteiger partial charge in [0.25, 0.3) is 5.91 Å². The second-order valence-corrected chi connectivity index (χ2v) is 9.63. The van der Waals surface area contributed by atoms with Gasteiger partial charge in [0.2, 0.25) is 0 Å². The Bertz CT molecular complexity index is 1030. The van der Waals surface area contributed by atoms with Crippen molar-refractivity contribution in [2.75, 3.05) is 31.1 Å². The zero-order chi connectivity index (χ0) is 21.5. The molecule has 1 amide bonds. The third-order valence-electron chi connectivity index (χ3n) is 5.47. The fraction of sp³-hybridized carbons (Fsp3) is 0.391. The normalized spacial score (nSPS) is 15.0. The maximum atomic E-state index is 13.1. The summed E-state index contributed by atoms with van der Waals surface area (Å²) < 4.78 is 7.23. The molecule has 0 spiro atoms. The van der Waals surface area contributed by atoms with Crippen LogP contribution in [0.25, 0.3) is 10.2 Å². The molecule has 0 saturated carbocycles. The van der Waals surface area contributed by atoms with E-state index in [9.17, 15) is 4.79 Å². The number of hydrogen-bond donors (Lipinski definition) is 0. The Kier molecular flexibility index (Phi) is 5.64. The van der Waals surface area contributed by atoms with Crippen LogP contribution < -0.4 is 9.64 Å². The van der Waals surface area contributed by atoms with Crippen LogP contribution >= 0.6 is 22.9 Å². The molecule has 2 aromatic carbocycles. The van der Waals surface area contributed by atoms with Gasteiger partial charge in [-0.25, -0.2) is 4.98 Å². The highest BCUT2D eigenvalue weighted by atomic mass is 35.5. The van der Waals surface area contributed by atoms with E-state index in [1.807, 2.05) is 18.7 Å². The van der Waals surface area contributed by atoms with E-state index in [1.165, 1.54) is 15.8 Å². The molecule has 0 aliphatic carbocycles. The summed E-state index contributed by atoms with van der Waals surface area (Å²) in [5, 5.41) is 1.68. The average Bonchev–Trinajstić information content (AvgIpc) is 3.19. The van der Waals surface area contributed by atoms with Crippen LogP contribution in [0.5, 0.6) is 5.75 Å². The number of piperazine rings is 1. The number of amides is 1. The molecule has 0 unspecified atom stereocenters. The first-order valence-electron chi connectivity index (χ1n) is 10.1. The third kappa shape index (κ3) is 4.12. The number of hydrogen-bond acceptors (Lipinski definition) is 5. The summed E-state index contributed by atoms with van der Waals surface area (Å²) in [6.45, 7) is 10.7. The highest BCUT2D eigenvalue weighted by Crippen LogP contribution is 2.33. The molecule has 0 atom stereocenters. The van der Waals surface area contributed by atoms with E-state index in [1.54, 1.807) is 35.6 Å². The zero-order valence-corrected chi connectivity index (χ0v) is 19.3. The number of benzene rings is 2. The van der Waals surface area contributed by atoms with Gasteiger partial charge in [0.05, 0.1) is 10.2 Å². The molecule has 158 valence electrons. The summed E-state index contributed by atoms with van der Waals surface area (Å²) >= 11 is 7.67. The van der Waals surface area contributed by atoms with Crippen LogP contribution in [0.1, 0.15) is 25.0 Å². The molecule has 4 rings (SSSR count). The topological polar surface area (TPSA) is 45.7 Å². The van der Waals surface area contributed by atoms with Gasteiger partial charge in [-0.05, 0) is 63.1 Å². The largest absolute Gasteiger partial charge is 0.478 e. The van der Waals surface area contributed by atoms with Crippen molar-refractivity contribution in [2.45, 2.75) is 33.3 Å². The molecule has 2 heterocycles. The van der Waals surface area contributed by atoms with Gasteiger partial charge < -0.3 is 14.5 Å². The number of anilines is 1. The molecule has 1 aliphatic heterocycles. The summed E-state index contributed by atoms with van der Waals surface area (Å²) in [7, 11) is 0. The summed E-state index contributed by atoms with van der Waals surface area (Å²) in [4.78, 5) is 22.2. The number of carbonyl (C=O) groups is 1. The molecule has 30 heavy (non-hydrogen) atoms. The Morgan fingerprint density at radius 2 is 1.67 bits per heavy atom. The number of halogens is 1. The average molecular weight is 444 g/mol. The molecule has 5 nitrogen and oxygen atoms in total. The van der Waals surface area contributed by atoms with Crippen molar-refractivity contribution in [3.63, 3.8) is 0 Å². The molecule has 7 heteroatoms. The van der Waals surface area contributed by atoms with Crippen LogP contribution in [0.2, 0.25) is 5.02 Å². The Morgan fingerprint density at radius 3 is 2.30 bits per heavy atom. The highest BCUT2D eigenvalue weighted by Gasteiger charge is 2.36. The second kappa shape index (κ2) is 8.08. The standard InChI is InChI=1S/C23H26ClN3O2S/c1-15-5-6-16(2)20-19(15)25-22(30-20)27-13-11-26(12-14-27)21(28)23(3,4)29-18-9-7-17(24)8-10-18/h5-10H,11-14H2,1-4H3. The van der Waals surface area contributed by atoms with Crippen LogP contribution in [-0.4, -0.2) is 47.6 Å². The lowest BCUT2D eigenvalue weighted by Gasteiger charge is -2.38. The van der Waals surface area contributed by atoms with Crippen molar-refractivity contribution in [1.29, 1.82) is 0 Å². The van der Waals surface area contributed by atoms with Crippen molar-refractivity contribution >= 4 is 44.2 Å². The minimum absolute atomic E-state index is 0.00640. The van der Waals surface area contributed by atoms with Crippen LogP contribution in [-0.2, 0) is 4.79 Å². The van der Waals surface area contributed by atoms with E-state index in [0.717, 1.165) is 23.7 Å². The fourth-order valence-corrected chi connectivity index (χ4v) is 5.00. The van der Waals surface area contributed by atoms with Crippen molar-refractivity contribution in [3.05, 3.63) is 52.5 Å². The number of fused-ring (bicyclic) bond motifs is 1. The lowest BCUT2D eigenvalue weighted by atomic mass is 10.1. The lowest BCUT2D eigenvalue weighted by Crippen LogP contribution is -2.55. The zero-order valence-electron chi connectivity index (χ0n) is 17.7. The van der Waals surface area contributed by atoms with Crippen LogP contribution in [0, 0.1) is 13.8 Å². The molecule has 3 aromatic rings. The summed E-state index contributed by atoms with van der Waals surface area (Å²) in [5.74, 6) is 0.629. The van der Waals surface area contributed by atoms with Gasteiger partial charge in [-0.2, -0.15) is 0 Å². The Labute approximate surface area is 186 Å². The summed E-state index contributed by atoms with van der Waals surface area (Å²) in [5.41, 5.74) is 2.60. The monoisotopic (exact) mass is 443 g/mol. The minimum Gasteiger partial charge on any atom is -0.478 e. The van der Waals surface area contributed by atoms with E-state index < -0.39 is 5.60 Å². The van der Waals surface area contributed by atoms with Crippen LogP contribution in [0.3, 0.4) is 0 Å². The molecular formula is C23H26ClN3O2S. The number of carbonyl (C=O) groups excluding carboxylic acids is 1. The van der Waals surface area contributed by atoms with Gasteiger partial charge in [-0.3, -0.25) is 4.79 Å². The number of ether oxygens (including phenoxy) is 1. The lowest BCUT2D eigenvalue weighted by molar-refractivity contribution is -0.145. The maximum Gasteiger partial charge on any atom is 0.266 e. The molecule has 1 saturated heterocycles. The van der Waals surface area contributed by atoms with Gasteiger partial charge in [-0.15, -0.1) is 0 Å². The van der Waals surface area contributed by atoms with Gasteiger partial charge in [0.15, 0.2) is 10.7 Å². The maximum absolute atomic E-state index is 13.1. The van der Waals surface area contributed by atoms with Crippen molar-refractivity contribution in [3.8, 4) is 5.75 Å². The van der Waals surface area contributed by atoms with E-state index in [-0.39, 0.29) is 5.91 Å². The van der Waals surface area contributed by atoms with Gasteiger partial charge >= 0.3 is 0 Å². The van der Waals surface area contributed by atoms with E-state index in [2.05, 4.69) is 30.9 Å². The van der Waals surface area contributed by atoms with E-state index >= 15 is 0 Å². The summed E-state index contributed by atoms with van der Waals surface area (Å²) in [6.07, 6.45) is 0. The number of thiazole rings is 1. The number of aryl methyl sites for hydroxylation is 2. The van der Waals surface area contributed by atoms with Crippen LogP contribution in [0.15, 0.2) is 36.4 Å².